The summed E-state index contributed by atoms with van der Waals surface area (Å²) in [6, 6.07) is 16.4. The minimum atomic E-state index is -0.482. The second kappa shape index (κ2) is 9.40. The van der Waals surface area contributed by atoms with E-state index in [0.717, 1.165) is 53.8 Å². The summed E-state index contributed by atoms with van der Waals surface area (Å²) in [6.45, 7) is 4.96. The second-order valence-electron chi connectivity index (χ2n) is 9.23. The van der Waals surface area contributed by atoms with E-state index in [1.807, 2.05) is 50.2 Å². The molecule has 2 aromatic carbocycles. The van der Waals surface area contributed by atoms with Crippen LogP contribution in [0.3, 0.4) is 0 Å². The number of nitriles is 1. The first-order valence-electron chi connectivity index (χ1n) is 11.9. The molecular weight excluding hydrogens is 430 g/mol. The summed E-state index contributed by atoms with van der Waals surface area (Å²) in [5, 5.41) is 13.8. The van der Waals surface area contributed by atoms with Gasteiger partial charge in [0, 0.05) is 29.6 Å². The summed E-state index contributed by atoms with van der Waals surface area (Å²) >= 11 is 0. The molecule has 1 aliphatic heterocycles. The Morgan fingerprint density at radius 2 is 1.97 bits per heavy atom. The summed E-state index contributed by atoms with van der Waals surface area (Å²) in [4.78, 5) is 11.9. The first-order chi connectivity index (χ1) is 16.5. The fourth-order valence-electron chi connectivity index (χ4n) is 4.66. The van der Waals surface area contributed by atoms with Crippen molar-refractivity contribution in [2.24, 2.45) is 0 Å². The maximum atomic E-state index is 11.9. The monoisotopic (exact) mass is 459 g/mol. The quantitative estimate of drug-likeness (QED) is 0.486. The molecule has 3 aromatic rings. The van der Waals surface area contributed by atoms with Crippen molar-refractivity contribution in [1.29, 1.82) is 5.26 Å². The number of nitrogens with one attached hydrogen (secondary N) is 1. The van der Waals surface area contributed by atoms with Gasteiger partial charge in [-0.2, -0.15) is 5.26 Å². The van der Waals surface area contributed by atoms with E-state index in [-0.39, 0.29) is 12.2 Å². The zero-order chi connectivity index (χ0) is 23.7. The van der Waals surface area contributed by atoms with E-state index >= 15 is 0 Å². The predicted octanol–water partition coefficient (Wildman–Crippen LogP) is 6.03. The molecule has 7 nitrogen and oxygen atoms in total. The number of nitrogens with zero attached hydrogens (tertiary/aromatic N) is 2. The van der Waals surface area contributed by atoms with E-state index in [9.17, 15) is 10.1 Å². The van der Waals surface area contributed by atoms with Crippen LogP contribution < -0.4 is 10.1 Å². The molecule has 1 aliphatic carbocycles. The third kappa shape index (κ3) is 4.34. The molecule has 1 aromatic heterocycles. The van der Waals surface area contributed by atoms with Crippen LogP contribution in [-0.2, 0) is 9.47 Å². The normalized spacial score (nSPS) is 18.0. The Labute approximate surface area is 199 Å². The SMILES string of the molecule is CC(C)OC(=O)Nc1ccc(-c2c(C#N)c3ccc(OC4CCOC4)cc3n2C2CCC2)cc1. The van der Waals surface area contributed by atoms with Crippen molar-refractivity contribution >= 4 is 22.7 Å². The Balaban J connectivity index is 1.53. The molecule has 1 unspecified atom stereocenters. The van der Waals surface area contributed by atoms with Crippen molar-refractivity contribution < 1.29 is 19.0 Å². The van der Waals surface area contributed by atoms with Crippen LogP contribution in [0.2, 0.25) is 0 Å². The molecule has 2 heterocycles. The van der Waals surface area contributed by atoms with E-state index < -0.39 is 6.09 Å². The van der Waals surface area contributed by atoms with Crippen molar-refractivity contribution in [1.82, 2.24) is 4.57 Å². The van der Waals surface area contributed by atoms with Crippen LogP contribution >= 0.6 is 0 Å². The molecule has 1 atom stereocenters. The minimum absolute atomic E-state index is 0.0712. The Morgan fingerprint density at radius 3 is 2.59 bits per heavy atom. The molecule has 0 spiro atoms. The number of rotatable bonds is 6. The van der Waals surface area contributed by atoms with Gasteiger partial charge in [-0.25, -0.2) is 4.79 Å². The number of benzene rings is 2. The fraction of sp³-hybridized carbons (Fsp3) is 0.407. The number of ether oxygens (including phenoxy) is 3. The molecule has 0 bridgehead atoms. The Bertz CT molecular complexity index is 1230. The highest BCUT2D eigenvalue weighted by molar-refractivity contribution is 5.96. The van der Waals surface area contributed by atoms with Crippen LogP contribution in [0.25, 0.3) is 22.2 Å². The van der Waals surface area contributed by atoms with Gasteiger partial charge in [-0.1, -0.05) is 12.1 Å². The summed E-state index contributed by atoms with van der Waals surface area (Å²) in [7, 11) is 0. The Morgan fingerprint density at radius 1 is 1.18 bits per heavy atom. The molecule has 1 saturated heterocycles. The van der Waals surface area contributed by atoms with Gasteiger partial charge < -0.3 is 18.8 Å². The third-order valence-corrected chi connectivity index (χ3v) is 6.47. The number of hydrogen-bond donors (Lipinski definition) is 1. The summed E-state index contributed by atoms with van der Waals surface area (Å²) in [6.07, 6.45) is 3.65. The highest BCUT2D eigenvalue weighted by Gasteiger charge is 2.28. The first-order valence-corrected chi connectivity index (χ1v) is 11.9. The maximum absolute atomic E-state index is 11.9. The number of hydrogen-bond acceptors (Lipinski definition) is 5. The topological polar surface area (TPSA) is 85.5 Å². The minimum Gasteiger partial charge on any atom is -0.488 e. The molecule has 2 fully saturated rings. The number of anilines is 1. The largest absolute Gasteiger partial charge is 0.488 e. The molecule has 34 heavy (non-hydrogen) atoms. The van der Waals surface area contributed by atoms with Crippen LogP contribution in [0, 0.1) is 11.3 Å². The van der Waals surface area contributed by atoms with Gasteiger partial charge in [0.25, 0.3) is 0 Å². The van der Waals surface area contributed by atoms with E-state index in [1.54, 1.807) is 0 Å². The van der Waals surface area contributed by atoms with Gasteiger partial charge in [0.2, 0.25) is 0 Å². The van der Waals surface area contributed by atoms with Crippen molar-refractivity contribution in [2.75, 3.05) is 18.5 Å². The van der Waals surface area contributed by atoms with Gasteiger partial charge in [0.05, 0.1) is 36.1 Å². The highest BCUT2D eigenvalue weighted by Crippen LogP contribution is 2.43. The summed E-state index contributed by atoms with van der Waals surface area (Å²) in [5.74, 6) is 0.806. The lowest BCUT2D eigenvalue weighted by Gasteiger charge is -2.30. The standard InChI is InChI=1S/C27H29N3O4/c1-17(2)33-27(31)29-19-8-6-18(7-9-19)26-24(15-28)23-11-10-21(34-22-12-13-32-16-22)14-25(23)30(26)20-4-3-5-20/h6-11,14,17,20,22H,3-5,12-13,16H2,1-2H3,(H,29,31). The van der Waals surface area contributed by atoms with Gasteiger partial charge in [-0.15, -0.1) is 0 Å². The first kappa shape index (κ1) is 22.3. The molecule has 7 heteroatoms. The summed E-state index contributed by atoms with van der Waals surface area (Å²) < 4.78 is 19.1. The smallest absolute Gasteiger partial charge is 0.411 e. The van der Waals surface area contributed by atoms with E-state index in [0.29, 0.717) is 23.9 Å². The third-order valence-electron chi connectivity index (χ3n) is 6.47. The fourth-order valence-corrected chi connectivity index (χ4v) is 4.66. The van der Waals surface area contributed by atoms with Crippen LogP contribution in [0.15, 0.2) is 42.5 Å². The zero-order valence-corrected chi connectivity index (χ0v) is 19.5. The van der Waals surface area contributed by atoms with Crippen molar-refractivity contribution in [3.05, 3.63) is 48.0 Å². The van der Waals surface area contributed by atoms with Crippen LogP contribution in [0.4, 0.5) is 10.5 Å². The molecule has 176 valence electrons. The number of amides is 1. The predicted molar refractivity (Wildman–Crippen MR) is 130 cm³/mol. The van der Waals surface area contributed by atoms with Gasteiger partial charge in [0.1, 0.15) is 17.9 Å². The highest BCUT2D eigenvalue weighted by atomic mass is 16.6. The second-order valence-corrected chi connectivity index (χ2v) is 9.23. The lowest BCUT2D eigenvalue weighted by molar-refractivity contribution is 0.130. The number of carbonyl (C=O) groups excluding carboxylic acids is 1. The molecule has 0 radical (unpaired) electrons. The summed E-state index contributed by atoms with van der Waals surface area (Å²) in [5.41, 5.74) is 4.19. The van der Waals surface area contributed by atoms with Gasteiger partial charge in [-0.05, 0) is 62.9 Å². The lowest BCUT2D eigenvalue weighted by Crippen LogP contribution is -2.18. The van der Waals surface area contributed by atoms with Crippen molar-refractivity contribution in [3.63, 3.8) is 0 Å². The van der Waals surface area contributed by atoms with Crippen molar-refractivity contribution in [2.45, 2.75) is 57.8 Å². The Kier molecular flexibility index (Phi) is 6.16. The van der Waals surface area contributed by atoms with Gasteiger partial charge >= 0.3 is 6.09 Å². The molecule has 1 N–H and O–H groups in total. The van der Waals surface area contributed by atoms with Crippen molar-refractivity contribution in [3.8, 4) is 23.1 Å². The Hall–Kier alpha value is -3.50. The number of carbonyl (C=O) groups is 1. The van der Waals surface area contributed by atoms with E-state index in [1.165, 1.54) is 6.42 Å². The molecule has 1 saturated carbocycles. The number of fused-ring (bicyclic) bond motifs is 1. The molecular formula is C27H29N3O4. The average molecular weight is 460 g/mol. The average Bonchev–Trinajstić information content (AvgIpc) is 3.39. The number of aromatic nitrogens is 1. The molecule has 5 rings (SSSR count). The molecule has 1 amide bonds. The van der Waals surface area contributed by atoms with Crippen LogP contribution in [0.1, 0.15) is 51.1 Å². The van der Waals surface area contributed by atoms with E-state index in [2.05, 4.69) is 22.0 Å². The van der Waals surface area contributed by atoms with Crippen LogP contribution in [0.5, 0.6) is 5.75 Å². The maximum Gasteiger partial charge on any atom is 0.411 e. The molecule has 2 aliphatic rings. The van der Waals surface area contributed by atoms with Gasteiger partial charge in [-0.3, -0.25) is 5.32 Å². The lowest BCUT2D eigenvalue weighted by atomic mass is 9.92. The van der Waals surface area contributed by atoms with E-state index in [4.69, 9.17) is 14.2 Å². The zero-order valence-electron chi connectivity index (χ0n) is 19.5. The van der Waals surface area contributed by atoms with Gasteiger partial charge in [0.15, 0.2) is 0 Å². The van der Waals surface area contributed by atoms with Crippen LogP contribution in [-0.4, -0.2) is 36.1 Å².